The van der Waals surface area contributed by atoms with E-state index in [-0.39, 0.29) is 52.9 Å². The smallest absolute Gasteiger partial charge is 0.389 e. The zero-order chi connectivity index (χ0) is 33.4. The second-order valence-corrected chi connectivity index (χ2v) is 14.6. The molecule has 0 unspecified atom stereocenters. The van der Waals surface area contributed by atoms with Crippen LogP contribution in [0, 0.1) is 5.92 Å². The summed E-state index contributed by atoms with van der Waals surface area (Å²) in [6.45, 7) is 5.43. The first kappa shape index (κ1) is 36.7. The Bertz CT molecular complexity index is 1370. The number of hydrogen-bond donors (Lipinski definition) is 2. The molecule has 4 atom stereocenters. The third-order valence-corrected chi connectivity index (χ3v) is 10.8. The molecule has 0 spiro atoms. The Balaban J connectivity index is 1.94. The molecule has 15 heteroatoms. The van der Waals surface area contributed by atoms with Crippen LogP contribution in [0.25, 0.3) is 0 Å². The van der Waals surface area contributed by atoms with Crippen LogP contribution in [0.3, 0.4) is 0 Å². The lowest BCUT2D eigenvalue weighted by Crippen LogP contribution is -2.48. The number of amides is 2. The van der Waals surface area contributed by atoms with Gasteiger partial charge < -0.3 is 24.8 Å². The zero-order valence-electron chi connectivity index (χ0n) is 25.9. The van der Waals surface area contributed by atoms with E-state index in [1.807, 2.05) is 13.8 Å². The number of nitrogens with one attached hydrogen (secondary N) is 1. The fourth-order valence-electron chi connectivity index (χ4n) is 4.86. The van der Waals surface area contributed by atoms with Crippen LogP contribution in [0.4, 0.5) is 18.9 Å². The van der Waals surface area contributed by atoms with Gasteiger partial charge in [0.1, 0.15) is 9.96 Å². The summed E-state index contributed by atoms with van der Waals surface area (Å²) in [6, 6.07) is 6.84. The number of ether oxygens (including phenoxy) is 2. The van der Waals surface area contributed by atoms with Gasteiger partial charge in [-0.05, 0) is 62.8 Å². The average Bonchev–Trinajstić information content (AvgIpc) is 3.53. The molecule has 1 aromatic carbocycles. The van der Waals surface area contributed by atoms with Crippen molar-refractivity contribution in [2.45, 2.75) is 81.5 Å². The van der Waals surface area contributed by atoms with Gasteiger partial charge in [0.05, 0.1) is 36.8 Å². The van der Waals surface area contributed by atoms with Gasteiger partial charge in [-0.3, -0.25) is 9.59 Å². The number of aliphatic hydroxyl groups is 1. The molecule has 2 N–H and O–H groups in total. The highest BCUT2D eigenvalue weighted by Crippen LogP contribution is 2.29. The normalized spacial score (nSPS) is 21.5. The van der Waals surface area contributed by atoms with Gasteiger partial charge in [-0.15, -0.1) is 11.3 Å². The highest BCUT2D eigenvalue weighted by Gasteiger charge is 2.33. The minimum Gasteiger partial charge on any atom is -0.490 e. The summed E-state index contributed by atoms with van der Waals surface area (Å²) in [5.41, 5.74) is 0.188. The highest BCUT2D eigenvalue weighted by molar-refractivity contribution is 7.91. The Kier molecular flexibility index (Phi) is 13.2. The van der Waals surface area contributed by atoms with Crippen LogP contribution in [0.5, 0.6) is 5.75 Å². The van der Waals surface area contributed by atoms with Crippen molar-refractivity contribution in [3.8, 4) is 5.75 Å². The van der Waals surface area contributed by atoms with E-state index in [1.165, 1.54) is 40.5 Å². The number of nitrogens with zero attached hydrogens (tertiary/aromatic N) is 2. The molecule has 0 saturated heterocycles. The van der Waals surface area contributed by atoms with Gasteiger partial charge in [0, 0.05) is 44.8 Å². The molecule has 0 radical (unpaired) electrons. The monoisotopic (exact) mass is 677 g/mol. The molecular formula is C30H42F3N3O7S2. The third-order valence-electron chi connectivity index (χ3n) is 7.57. The molecule has 252 valence electrons. The Hall–Kier alpha value is -2.72. The summed E-state index contributed by atoms with van der Waals surface area (Å²) >= 11 is 1.11. The highest BCUT2D eigenvalue weighted by atomic mass is 32.2. The fourth-order valence-corrected chi connectivity index (χ4v) is 7.24. The van der Waals surface area contributed by atoms with Gasteiger partial charge in [0.25, 0.3) is 15.9 Å². The van der Waals surface area contributed by atoms with Crippen LogP contribution in [-0.4, -0.2) is 92.3 Å². The fraction of sp³-hybridized carbons (Fsp3) is 0.600. The summed E-state index contributed by atoms with van der Waals surface area (Å²) in [7, 11) is -2.28. The maximum absolute atomic E-state index is 14.1. The molecule has 2 aromatic rings. The number of halogens is 3. The molecule has 0 bridgehead atoms. The van der Waals surface area contributed by atoms with Crippen molar-refractivity contribution in [1.82, 2.24) is 9.21 Å². The summed E-state index contributed by atoms with van der Waals surface area (Å²) in [5, 5.41) is 14.2. The topological polar surface area (TPSA) is 125 Å². The van der Waals surface area contributed by atoms with Gasteiger partial charge in [0.15, 0.2) is 0 Å². The SMILES string of the molecule is C[C@H](CO)N1C[C@H](C)[C@H](CN(C)S(=O)(=O)c2cccs2)OCCCC[C@H](C)Oc2ccc(NC(=O)CCC(F)(F)F)cc2C1=O. The van der Waals surface area contributed by atoms with Gasteiger partial charge >= 0.3 is 6.18 Å². The van der Waals surface area contributed by atoms with Crippen LogP contribution in [0.15, 0.2) is 39.9 Å². The van der Waals surface area contributed by atoms with Crippen molar-refractivity contribution >= 4 is 38.9 Å². The van der Waals surface area contributed by atoms with Crippen molar-refractivity contribution in [3.63, 3.8) is 0 Å². The van der Waals surface area contributed by atoms with Gasteiger partial charge in [-0.2, -0.15) is 17.5 Å². The number of alkyl halides is 3. The van der Waals surface area contributed by atoms with E-state index in [4.69, 9.17) is 9.47 Å². The second kappa shape index (κ2) is 16.2. The lowest BCUT2D eigenvalue weighted by atomic mass is 10.0. The Labute approximate surface area is 266 Å². The molecule has 3 rings (SSSR count). The molecule has 0 saturated carbocycles. The van der Waals surface area contributed by atoms with Crippen molar-refractivity contribution in [3.05, 3.63) is 41.3 Å². The Morgan fingerprint density at radius 1 is 1.24 bits per heavy atom. The van der Waals surface area contributed by atoms with Crippen molar-refractivity contribution in [2.24, 2.45) is 5.92 Å². The van der Waals surface area contributed by atoms with Gasteiger partial charge in [-0.25, -0.2) is 8.42 Å². The number of benzene rings is 1. The van der Waals surface area contributed by atoms with E-state index in [1.54, 1.807) is 18.4 Å². The molecule has 2 heterocycles. The maximum Gasteiger partial charge on any atom is 0.389 e. The van der Waals surface area contributed by atoms with Gasteiger partial charge in [0.2, 0.25) is 5.91 Å². The number of carbonyl (C=O) groups excluding carboxylic acids is 2. The van der Waals surface area contributed by atoms with Crippen molar-refractivity contribution < 1.29 is 45.8 Å². The summed E-state index contributed by atoms with van der Waals surface area (Å²) in [4.78, 5) is 27.8. The van der Waals surface area contributed by atoms with E-state index < -0.39 is 53.0 Å². The van der Waals surface area contributed by atoms with Crippen LogP contribution >= 0.6 is 11.3 Å². The molecule has 1 aromatic heterocycles. The number of rotatable bonds is 9. The molecule has 0 aliphatic carbocycles. The average molecular weight is 678 g/mol. The number of aliphatic hydroxyl groups excluding tert-OH is 1. The Morgan fingerprint density at radius 3 is 2.62 bits per heavy atom. The van der Waals surface area contributed by atoms with E-state index in [2.05, 4.69) is 5.32 Å². The molecule has 10 nitrogen and oxygen atoms in total. The van der Waals surface area contributed by atoms with Crippen LogP contribution in [-0.2, 0) is 19.6 Å². The van der Waals surface area contributed by atoms with Gasteiger partial charge in [-0.1, -0.05) is 13.0 Å². The number of hydrogen-bond acceptors (Lipinski definition) is 8. The maximum atomic E-state index is 14.1. The summed E-state index contributed by atoms with van der Waals surface area (Å²) < 4.78 is 78.0. The van der Waals surface area contributed by atoms with E-state index >= 15 is 0 Å². The number of fused-ring (bicyclic) bond motifs is 1. The largest absolute Gasteiger partial charge is 0.490 e. The first-order chi connectivity index (χ1) is 21.1. The Morgan fingerprint density at radius 2 is 1.98 bits per heavy atom. The lowest BCUT2D eigenvalue weighted by molar-refractivity contribution is -0.142. The number of anilines is 1. The number of sulfonamides is 1. The van der Waals surface area contributed by atoms with Crippen LogP contribution in [0.1, 0.15) is 63.2 Å². The molecule has 1 aliphatic heterocycles. The minimum atomic E-state index is -4.49. The quantitative estimate of drug-likeness (QED) is 0.377. The molecule has 1 aliphatic rings. The van der Waals surface area contributed by atoms with Crippen molar-refractivity contribution in [2.75, 3.05) is 38.7 Å². The third kappa shape index (κ3) is 10.7. The van der Waals surface area contributed by atoms with Crippen LogP contribution in [0.2, 0.25) is 0 Å². The summed E-state index contributed by atoms with van der Waals surface area (Å²) in [5.74, 6) is -1.55. The standard InChI is InChI=1S/C30H42F3N3O7S2/c1-20-17-36(21(2)19-37)29(39)24-16-23(34-27(38)12-13-30(31,32)33)10-11-25(24)43-22(3)8-5-6-14-42-26(20)18-35(4)45(40,41)28-9-7-15-44-28/h7,9-11,15-16,20-22,26,37H,5-6,8,12-14,17-19H2,1-4H3,(H,34,38)/t20-,21+,22-,26-/m0/s1. The first-order valence-corrected chi connectivity index (χ1v) is 17.1. The molecule has 45 heavy (non-hydrogen) atoms. The van der Waals surface area contributed by atoms with Crippen LogP contribution < -0.4 is 10.1 Å². The van der Waals surface area contributed by atoms with E-state index in [9.17, 15) is 36.3 Å². The summed E-state index contributed by atoms with van der Waals surface area (Å²) in [6.07, 6.45) is -5.41. The number of likely N-dealkylation sites (N-methyl/N-ethyl adjacent to an activating group) is 1. The van der Waals surface area contributed by atoms with Crippen molar-refractivity contribution in [1.29, 1.82) is 0 Å². The van der Waals surface area contributed by atoms with E-state index in [0.717, 1.165) is 17.8 Å². The number of carbonyl (C=O) groups is 2. The minimum absolute atomic E-state index is 0.0289. The predicted molar refractivity (Wildman–Crippen MR) is 165 cm³/mol. The second-order valence-electron chi connectivity index (χ2n) is 11.4. The first-order valence-electron chi connectivity index (χ1n) is 14.8. The van der Waals surface area contributed by atoms with E-state index in [0.29, 0.717) is 19.4 Å². The zero-order valence-corrected chi connectivity index (χ0v) is 27.5. The molecule has 2 amide bonds. The molecule has 0 fully saturated rings. The predicted octanol–water partition coefficient (Wildman–Crippen LogP) is 5.15. The lowest BCUT2D eigenvalue weighted by Gasteiger charge is -2.35. The molecular weight excluding hydrogens is 635 g/mol. The number of thiophene rings is 1.